The number of hydrogen-bond acceptors (Lipinski definition) is 6. The van der Waals surface area contributed by atoms with Crippen LogP contribution in [0.5, 0.6) is 11.5 Å². The van der Waals surface area contributed by atoms with Gasteiger partial charge in [0.1, 0.15) is 22.8 Å². The average molecular weight is 457 g/mol. The number of nitrogens with one attached hydrogen (secondary N) is 1. The SMILES string of the molecule is COc1ccc2oc(-c3ccc(NC(=O)CCC(=O)c4ccccc4OC)cc3)cc(=O)c2c1. The maximum atomic E-state index is 12.5. The minimum atomic E-state index is -0.276. The second kappa shape index (κ2) is 10.0. The highest BCUT2D eigenvalue weighted by Gasteiger charge is 2.14. The third-order valence-electron chi connectivity index (χ3n) is 5.37. The molecule has 4 aromatic rings. The van der Waals surface area contributed by atoms with Crippen LogP contribution in [0.1, 0.15) is 23.2 Å². The first kappa shape index (κ1) is 22.8. The van der Waals surface area contributed by atoms with E-state index in [-0.39, 0.29) is 30.0 Å². The zero-order chi connectivity index (χ0) is 24.1. The lowest BCUT2D eigenvalue weighted by molar-refractivity contribution is -0.116. The van der Waals surface area contributed by atoms with Crippen LogP contribution in [0.25, 0.3) is 22.3 Å². The van der Waals surface area contributed by atoms with Gasteiger partial charge in [0, 0.05) is 30.2 Å². The van der Waals surface area contributed by atoms with E-state index < -0.39 is 0 Å². The second-order valence-electron chi connectivity index (χ2n) is 7.59. The van der Waals surface area contributed by atoms with Gasteiger partial charge in [-0.1, -0.05) is 12.1 Å². The van der Waals surface area contributed by atoms with Crippen LogP contribution >= 0.6 is 0 Å². The van der Waals surface area contributed by atoms with Gasteiger partial charge in [-0.3, -0.25) is 14.4 Å². The molecule has 0 aliphatic heterocycles. The van der Waals surface area contributed by atoms with Gasteiger partial charge in [0.05, 0.1) is 25.2 Å². The number of ketones is 1. The number of ether oxygens (including phenoxy) is 2. The van der Waals surface area contributed by atoms with Crippen molar-refractivity contribution in [2.75, 3.05) is 19.5 Å². The van der Waals surface area contributed by atoms with Crippen molar-refractivity contribution in [2.45, 2.75) is 12.8 Å². The predicted octanol–water partition coefficient (Wildman–Crippen LogP) is 5.08. The largest absolute Gasteiger partial charge is 0.497 e. The van der Waals surface area contributed by atoms with E-state index in [0.29, 0.717) is 45.0 Å². The molecular weight excluding hydrogens is 434 g/mol. The van der Waals surface area contributed by atoms with Crippen molar-refractivity contribution in [2.24, 2.45) is 0 Å². The van der Waals surface area contributed by atoms with E-state index in [1.54, 1.807) is 66.7 Å². The van der Waals surface area contributed by atoms with Gasteiger partial charge < -0.3 is 19.2 Å². The molecule has 0 saturated carbocycles. The highest BCUT2D eigenvalue weighted by atomic mass is 16.5. The minimum Gasteiger partial charge on any atom is -0.497 e. The van der Waals surface area contributed by atoms with Gasteiger partial charge >= 0.3 is 0 Å². The Labute approximate surface area is 195 Å². The molecular formula is C27H23NO6. The third kappa shape index (κ3) is 4.99. The number of benzene rings is 3. The van der Waals surface area contributed by atoms with Crippen molar-refractivity contribution in [3.63, 3.8) is 0 Å². The quantitative estimate of drug-likeness (QED) is 0.371. The summed E-state index contributed by atoms with van der Waals surface area (Å²) in [5, 5.41) is 3.22. The zero-order valence-corrected chi connectivity index (χ0v) is 18.8. The van der Waals surface area contributed by atoms with Gasteiger partial charge in [-0.25, -0.2) is 0 Å². The van der Waals surface area contributed by atoms with E-state index in [9.17, 15) is 14.4 Å². The topological polar surface area (TPSA) is 94.8 Å². The zero-order valence-electron chi connectivity index (χ0n) is 18.8. The molecule has 172 valence electrons. The smallest absolute Gasteiger partial charge is 0.224 e. The number of carbonyl (C=O) groups is 2. The van der Waals surface area contributed by atoms with Gasteiger partial charge in [-0.2, -0.15) is 0 Å². The Kier molecular flexibility index (Phi) is 6.73. The number of anilines is 1. The summed E-state index contributed by atoms with van der Waals surface area (Å²) in [7, 11) is 3.04. The van der Waals surface area contributed by atoms with Crippen molar-refractivity contribution in [3.8, 4) is 22.8 Å². The number of amides is 1. The normalized spacial score (nSPS) is 10.6. The molecule has 7 heteroatoms. The molecule has 0 fully saturated rings. The van der Waals surface area contributed by atoms with Crippen LogP contribution in [0, 0.1) is 0 Å². The van der Waals surface area contributed by atoms with Crippen molar-refractivity contribution in [3.05, 3.63) is 88.6 Å². The fourth-order valence-electron chi connectivity index (χ4n) is 3.58. The predicted molar refractivity (Wildman–Crippen MR) is 130 cm³/mol. The molecule has 7 nitrogen and oxygen atoms in total. The van der Waals surface area contributed by atoms with E-state index in [1.807, 2.05) is 0 Å². The number of fused-ring (bicyclic) bond motifs is 1. The Morgan fingerprint density at radius 2 is 1.65 bits per heavy atom. The van der Waals surface area contributed by atoms with Crippen LogP contribution < -0.4 is 20.2 Å². The molecule has 1 aromatic heterocycles. The van der Waals surface area contributed by atoms with Crippen LogP contribution in [0.4, 0.5) is 5.69 Å². The highest BCUT2D eigenvalue weighted by molar-refractivity contribution is 6.01. The molecule has 1 N–H and O–H groups in total. The second-order valence-corrected chi connectivity index (χ2v) is 7.59. The molecule has 0 aliphatic rings. The Morgan fingerprint density at radius 1 is 0.882 bits per heavy atom. The van der Waals surface area contributed by atoms with Crippen molar-refractivity contribution < 1.29 is 23.5 Å². The molecule has 0 saturated heterocycles. The molecule has 1 amide bonds. The van der Waals surface area contributed by atoms with Gasteiger partial charge in [0.2, 0.25) is 5.91 Å². The van der Waals surface area contributed by atoms with Gasteiger partial charge in [0.25, 0.3) is 0 Å². The first-order valence-electron chi connectivity index (χ1n) is 10.7. The lowest BCUT2D eigenvalue weighted by Crippen LogP contribution is -2.13. The number of rotatable bonds is 8. The van der Waals surface area contributed by atoms with E-state index >= 15 is 0 Å². The summed E-state index contributed by atoms with van der Waals surface area (Å²) in [4.78, 5) is 37.3. The number of hydrogen-bond donors (Lipinski definition) is 1. The first-order valence-corrected chi connectivity index (χ1v) is 10.7. The summed E-state index contributed by atoms with van der Waals surface area (Å²) >= 11 is 0. The molecule has 0 spiro atoms. The third-order valence-corrected chi connectivity index (χ3v) is 5.37. The Bertz CT molecular complexity index is 1410. The van der Waals surface area contributed by atoms with Crippen LogP contribution in [-0.2, 0) is 4.79 Å². The lowest BCUT2D eigenvalue weighted by atomic mass is 10.1. The molecule has 34 heavy (non-hydrogen) atoms. The van der Waals surface area contributed by atoms with Crippen LogP contribution in [0.2, 0.25) is 0 Å². The fraction of sp³-hybridized carbons (Fsp3) is 0.148. The fourth-order valence-corrected chi connectivity index (χ4v) is 3.58. The van der Waals surface area contributed by atoms with Gasteiger partial charge in [0.15, 0.2) is 11.2 Å². The van der Waals surface area contributed by atoms with E-state index in [4.69, 9.17) is 13.9 Å². The Balaban J connectivity index is 1.41. The minimum absolute atomic E-state index is 0.0433. The maximum absolute atomic E-state index is 12.5. The van der Waals surface area contributed by atoms with E-state index in [1.165, 1.54) is 20.3 Å². The number of carbonyl (C=O) groups excluding carboxylic acids is 2. The Hall–Kier alpha value is -4.39. The molecule has 0 atom stereocenters. The van der Waals surface area contributed by atoms with Crippen molar-refractivity contribution in [1.82, 2.24) is 0 Å². The average Bonchev–Trinajstić information content (AvgIpc) is 2.87. The highest BCUT2D eigenvalue weighted by Crippen LogP contribution is 2.26. The first-order chi connectivity index (χ1) is 16.5. The molecule has 0 aliphatic carbocycles. The molecule has 1 heterocycles. The molecule has 0 bridgehead atoms. The number of methoxy groups -OCH3 is 2. The van der Waals surface area contributed by atoms with E-state index in [2.05, 4.69) is 5.32 Å². The van der Waals surface area contributed by atoms with Crippen molar-refractivity contribution >= 4 is 28.3 Å². The summed E-state index contributed by atoms with van der Waals surface area (Å²) < 4.78 is 16.2. The summed E-state index contributed by atoms with van der Waals surface area (Å²) in [5.41, 5.74) is 2.01. The number of para-hydroxylation sites is 1. The molecule has 0 radical (unpaired) electrons. The molecule has 3 aromatic carbocycles. The van der Waals surface area contributed by atoms with Crippen LogP contribution in [0.15, 0.2) is 82.0 Å². The lowest BCUT2D eigenvalue weighted by Gasteiger charge is -2.09. The van der Waals surface area contributed by atoms with Gasteiger partial charge in [-0.15, -0.1) is 0 Å². The van der Waals surface area contributed by atoms with Crippen molar-refractivity contribution in [1.29, 1.82) is 0 Å². The Morgan fingerprint density at radius 3 is 2.38 bits per heavy atom. The summed E-state index contributed by atoms with van der Waals surface area (Å²) in [6.07, 6.45) is 0.110. The standard InChI is InChI=1S/C27H23NO6/c1-32-19-11-13-25-21(15-19)23(30)16-26(34-25)17-7-9-18(10-8-17)28-27(31)14-12-22(29)20-5-3-4-6-24(20)33-2/h3-11,13,15-16H,12,14H2,1-2H3,(H,28,31). The monoisotopic (exact) mass is 457 g/mol. The van der Waals surface area contributed by atoms with Crippen LogP contribution in [-0.4, -0.2) is 25.9 Å². The molecule has 4 rings (SSSR count). The summed E-state index contributed by atoms with van der Waals surface area (Å²) in [6, 6.07) is 20.4. The van der Waals surface area contributed by atoms with Gasteiger partial charge in [-0.05, 0) is 54.6 Å². The van der Waals surface area contributed by atoms with E-state index in [0.717, 1.165) is 0 Å². The van der Waals surface area contributed by atoms with Crippen LogP contribution in [0.3, 0.4) is 0 Å². The maximum Gasteiger partial charge on any atom is 0.224 e. The number of Topliss-reactive ketones (excluding diaryl/α,β-unsaturated/α-hetero) is 1. The summed E-state index contributed by atoms with van der Waals surface area (Å²) in [5.74, 6) is 1.05. The molecule has 0 unspecified atom stereocenters. The summed E-state index contributed by atoms with van der Waals surface area (Å²) in [6.45, 7) is 0.